The number of rotatable bonds is 7. The van der Waals surface area contributed by atoms with Gasteiger partial charge in [-0.1, -0.05) is 37.8 Å². The van der Waals surface area contributed by atoms with Gasteiger partial charge in [-0.25, -0.2) is 4.99 Å². The van der Waals surface area contributed by atoms with Crippen molar-refractivity contribution in [3.8, 4) is 18.5 Å². The quantitative estimate of drug-likeness (QED) is 0.349. The fourth-order valence-corrected chi connectivity index (χ4v) is 2.00. The van der Waals surface area contributed by atoms with E-state index in [0.717, 1.165) is 5.56 Å². The number of terminal acetylenes is 1. The SMILES string of the molecule is C#CN/C=C(/N=C(/C#N)C=C)C(=C)NC(C)c1ccc(C)c(C)c1. The van der Waals surface area contributed by atoms with Crippen LogP contribution in [-0.4, -0.2) is 5.71 Å². The van der Waals surface area contributed by atoms with Gasteiger partial charge in [-0.3, -0.25) is 0 Å². The zero-order chi connectivity index (χ0) is 18.1. The third-order valence-corrected chi connectivity index (χ3v) is 3.57. The number of allylic oxidation sites excluding steroid dienone is 1. The van der Waals surface area contributed by atoms with Crippen molar-refractivity contribution in [1.29, 1.82) is 5.26 Å². The number of aryl methyl sites for hydroxylation is 2. The number of hydrogen-bond acceptors (Lipinski definition) is 4. The molecule has 1 aromatic carbocycles. The lowest BCUT2D eigenvalue weighted by molar-refractivity contribution is 0.658. The Balaban J connectivity index is 3.01. The summed E-state index contributed by atoms with van der Waals surface area (Å²) in [6, 6.07) is 10.6. The van der Waals surface area contributed by atoms with Gasteiger partial charge >= 0.3 is 0 Å². The zero-order valence-corrected chi connectivity index (χ0v) is 14.4. The number of hydrogen-bond donors (Lipinski definition) is 2. The second kappa shape index (κ2) is 9.02. The normalized spacial score (nSPS) is 12.5. The summed E-state index contributed by atoms with van der Waals surface area (Å²) in [7, 11) is 0. The summed E-state index contributed by atoms with van der Waals surface area (Å²) in [4.78, 5) is 4.21. The van der Waals surface area contributed by atoms with Crippen LogP contribution in [0.4, 0.5) is 0 Å². The lowest BCUT2D eigenvalue weighted by Gasteiger charge is -2.19. The minimum absolute atomic E-state index is 0.0236. The maximum atomic E-state index is 9.01. The lowest BCUT2D eigenvalue weighted by atomic mass is 10.0. The number of nitrogens with zero attached hydrogens (tertiary/aromatic N) is 2. The summed E-state index contributed by atoms with van der Waals surface area (Å²) in [6.45, 7) is 13.7. The summed E-state index contributed by atoms with van der Waals surface area (Å²) in [5, 5.41) is 14.9. The van der Waals surface area contributed by atoms with E-state index in [1.807, 2.05) is 13.0 Å². The van der Waals surface area contributed by atoms with Crippen LogP contribution in [0.1, 0.15) is 29.7 Å². The first-order valence-electron chi connectivity index (χ1n) is 7.48. The molecule has 0 radical (unpaired) electrons. The minimum atomic E-state index is 0.0236. The summed E-state index contributed by atoms with van der Waals surface area (Å²) >= 11 is 0. The standard InChI is InChI=1S/C20H22N4/c1-7-19(12-21)24-20(13-22-8-2)17(6)23-16(5)18-10-9-14(3)15(4)11-18/h2,7,9-11,13,16,22-23H,1,6H2,3-5H3/b20-13+,24-19+. The van der Waals surface area contributed by atoms with Crippen LogP contribution in [0.3, 0.4) is 0 Å². The molecule has 0 aromatic heterocycles. The first kappa shape index (κ1) is 18.8. The molecule has 0 aliphatic carbocycles. The van der Waals surface area contributed by atoms with Gasteiger partial charge in [0.05, 0.1) is 5.70 Å². The molecule has 4 nitrogen and oxygen atoms in total. The Labute approximate surface area is 144 Å². The van der Waals surface area contributed by atoms with Gasteiger partial charge in [-0.15, -0.1) is 0 Å². The van der Waals surface area contributed by atoms with E-state index in [1.165, 1.54) is 23.4 Å². The highest BCUT2D eigenvalue weighted by Gasteiger charge is 2.10. The summed E-state index contributed by atoms with van der Waals surface area (Å²) in [5.74, 6) is 0. The predicted molar refractivity (Wildman–Crippen MR) is 99.9 cm³/mol. The first-order chi connectivity index (χ1) is 11.4. The molecule has 0 saturated heterocycles. The molecule has 0 spiro atoms. The molecular weight excluding hydrogens is 296 g/mol. The Bertz CT molecular complexity index is 770. The highest BCUT2D eigenvalue weighted by atomic mass is 15.0. The Kier molecular flexibility index (Phi) is 7.07. The average Bonchev–Trinajstić information content (AvgIpc) is 2.57. The molecule has 2 N–H and O–H groups in total. The van der Waals surface area contributed by atoms with Gasteiger partial charge in [0, 0.05) is 18.3 Å². The molecule has 0 fully saturated rings. The highest BCUT2D eigenvalue weighted by Crippen LogP contribution is 2.19. The van der Waals surface area contributed by atoms with Crippen LogP contribution >= 0.6 is 0 Å². The van der Waals surface area contributed by atoms with Crippen LogP contribution < -0.4 is 10.6 Å². The highest BCUT2D eigenvalue weighted by molar-refractivity contribution is 6.07. The lowest BCUT2D eigenvalue weighted by Crippen LogP contribution is -2.19. The van der Waals surface area contributed by atoms with E-state index in [4.69, 9.17) is 11.7 Å². The molecule has 122 valence electrons. The van der Waals surface area contributed by atoms with Crippen molar-refractivity contribution in [3.63, 3.8) is 0 Å². The monoisotopic (exact) mass is 318 g/mol. The van der Waals surface area contributed by atoms with E-state index in [9.17, 15) is 0 Å². The van der Waals surface area contributed by atoms with Crippen LogP contribution in [0.25, 0.3) is 0 Å². The number of nitriles is 1. The van der Waals surface area contributed by atoms with E-state index < -0.39 is 0 Å². The molecule has 1 rings (SSSR count). The van der Waals surface area contributed by atoms with E-state index in [-0.39, 0.29) is 11.8 Å². The van der Waals surface area contributed by atoms with Crippen LogP contribution in [0.2, 0.25) is 0 Å². The van der Waals surface area contributed by atoms with Gasteiger partial charge in [-0.05, 0) is 43.5 Å². The molecule has 0 saturated carbocycles. The van der Waals surface area contributed by atoms with E-state index in [1.54, 1.807) is 0 Å². The second-order valence-corrected chi connectivity index (χ2v) is 5.32. The van der Waals surface area contributed by atoms with Crippen molar-refractivity contribution in [2.75, 3.05) is 0 Å². The molecule has 0 bridgehead atoms. The molecule has 0 amide bonds. The van der Waals surface area contributed by atoms with Crippen LogP contribution in [0, 0.1) is 37.6 Å². The molecule has 0 aliphatic rings. The van der Waals surface area contributed by atoms with Crippen molar-refractivity contribution in [2.24, 2.45) is 4.99 Å². The average molecular weight is 318 g/mol. The molecule has 0 heterocycles. The molecule has 1 atom stereocenters. The predicted octanol–water partition coefficient (Wildman–Crippen LogP) is 3.64. The van der Waals surface area contributed by atoms with E-state index >= 15 is 0 Å². The van der Waals surface area contributed by atoms with Gasteiger partial charge in [0.2, 0.25) is 0 Å². The zero-order valence-electron chi connectivity index (χ0n) is 14.4. The number of nitrogens with one attached hydrogen (secondary N) is 2. The third-order valence-electron chi connectivity index (χ3n) is 3.57. The minimum Gasteiger partial charge on any atom is -0.377 e. The van der Waals surface area contributed by atoms with Gasteiger partial charge in [0.1, 0.15) is 17.5 Å². The van der Waals surface area contributed by atoms with E-state index in [0.29, 0.717) is 11.4 Å². The Morgan fingerprint density at radius 2 is 2.08 bits per heavy atom. The molecule has 0 aliphatic heterocycles. The fourth-order valence-electron chi connectivity index (χ4n) is 2.00. The van der Waals surface area contributed by atoms with Gasteiger partial charge in [0.15, 0.2) is 0 Å². The maximum Gasteiger partial charge on any atom is 0.140 e. The van der Waals surface area contributed by atoms with Crippen molar-refractivity contribution in [3.05, 3.63) is 71.7 Å². The molecule has 1 unspecified atom stereocenters. The first-order valence-corrected chi connectivity index (χ1v) is 7.48. The van der Waals surface area contributed by atoms with Gasteiger partial charge in [0.25, 0.3) is 0 Å². The van der Waals surface area contributed by atoms with Crippen molar-refractivity contribution in [1.82, 2.24) is 10.6 Å². The third kappa shape index (κ3) is 5.19. The fraction of sp³-hybridized carbons (Fsp3) is 0.200. The Morgan fingerprint density at radius 3 is 2.62 bits per heavy atom. The summed E-state index contributed by atoms with van der Waals surface area (Å²) in [6.07, 6.45) is 8.10. The number of aliphatic imine (C=N–C) groups is 1. The largest absolute Gasteiger partial charge is 0.377 e. The van der Waals surface area contributed by atoms with Crippen molar-refractivity contribution < 1.29 is 0 Å². The Hall–Kier alpha value is -3.24. The van der Waals surface area contributed by atoms with Crippen LogP contribution in [0.15, 0.2) is 60.0 Å². The van der Waals surface area contributed by atoms with Crippen LogP contribution in [0.5, 0.6) is 0 Å². The molecule has 24 heavy (non-hydrogen) atoms. The smallest absolute Gasteiger partial charge is 0.140 e. The molecule has 1 aromatic rings. The molecule has 4 heteroatoms. The Morgan fingerprint density at radius 1 is 1.38 bits per heavy atom. The van der Waals surface area contributed by atoms with Gasteiger partial charge < -0.3 is 10.6 Å². The van der Waals surface area contributed by atoms with E-state index in [2.05, 4.69) is 66.9 Å². The van der Waals surface area contributed by atoms with Crippen LogP contribution in [-0.2, 0) is 0 Å². The van der Waals surface area contributed by atoms with Crippen molar-refractivity contribution >= 4 is 5.71 Å². The maximum absolute atomic E-state index is 9.01. The topological polar surface area (TPSA) is 60.2 Å². The summed E-state index contributed by atoms with van der Waals surface area (Å²) < 4.78 is 0. The molecular formula is C20H22N4. The van der Waals surface area contributed by atoms with Gasteiger partial charge in [-0.2, -0.15) is 5.26 Å². The number of benzene rings is 1. The summed E-state index contributed by atoms with van der Waals surface area (Å²) in [5.41, 5.74) is 4.79. The second-order valence-electron chi connectivity index (χ2n) is 5.32. The van der Waals surface area contributed by atoms with Crippen molar-refractivity contribution in [2.45, 2.75) is 26.8 Å².